The van der Waals surface area contributed by atoms with Gasteiger partial charge < -0.3 is 16.0 Å². The maximum absolute atomic E-state index is 11.7. The van der Waals surface area contributed by atoms with Crippen LogP contribution in [0.2, 0.25) is 0 Å². The van der Waals surface area contributed by atoms with Crippen LogP contribution < -0.4 is 16.6 Å². The predicted octanol–water partition coefficient (Wildman–Crippen LogP) is 1.23. The Morgan fingerprint density at radius 1 is 1.48 bits per heavy atom. The maximum Gasteiger partial charge on any atom is 0.293 e. The molecule has 0 spiro atoms. The van der Waals surface area contributed by atoms with Crippen LogP contribution >= 0.6 is 0 Å². The molecule has 0 radical (unpaired) electrons. The zero-order chi connectivity index (χ0) is 15.6. The first-order valence-corrected chi connectivity index (χ1v) is 6.55. The van der Waals surface area contributed by atoms with Crippen molar-refractivity contribution < 1.29 is 4.92 Å². The van der Waals surface area contributed by atoms with Crippen molar-refractivity contribution in [2.24, 2.45) is 11.7 Å². The summed E-state index contributed by atoms with van der Waals surface area (Å²) in [6.45, 7) is 4.34. The average Bonchev–Trinajstić information content (AvgIpc) is 2.43. The molecule has 8 nitrogen and oxygen atoms in total. The number of aromatic nitrogens is 2. The second kappa shape index (κ2) is 5.88. The van der Waals surface area contributed by atoms with Crippen molar-refractivity contribution in [1.82, 2.24) is 9.97 Å². The number of benzene rings is 1. The van der Waals surface area contributed by atoms with Gasteiger partial charge in [0.2, 0.25) is 0 Å². The minimum Gasteiger partial charge on any atom is -0.378 e. The molecule has 4 N–H and O–H groups in total. The van der Waals surface area contributed by atoms with Gasteiger partial charge in [0.25, 0.3) is 11.2 Å². The van der Waals surface area contributed by atoms with Crippen LogP contribution in [0.1, 0.15) is 13.8 Å². The van der Waals surface area contributed by atoms with Gasteiger partial charge in [-0.3, -0.25) is 14.9 Å². The largest absolute Gasteiger partial charge is 0.378 e. The lowest BCUT2D eigenvalue weighted by Gasteiger charge is -2.17. The molecule has 1 atom stereocenters. The van der Waals surface area contributed by atoms with E-state index < -0.39 is 10.5 Å². The summed E-state index contributed by atoms with van der Waals surface area (Å²) in [5, 5.41) is 14.3. The van der Waals surface area contributed by atoms with Gasteiger partial charge in [-0.05, 0) is 12.0 Å². The summed E-state index contributed by atoms with van der Waals surface area (Å²) in [5.74, 6) is 0.248. The summed E-state index contributed by atoms with van der Waals surface area (Å²) in [5.41, 5.74) is 6.05. The SMILES string of the molecule is CC(C)C(N)CNc1cc2nc[nH]c(=O)c2cc1[N+](=O)[O-]. The molecular formula is C13H17N5O3. The van der Waals surface area contributed by atoms with Gasteiger partial charge in [-0.2, -0.15) is 0 Å². The van der Waals surface area contributed by atoms with Gasteiger partial charge in [-0.25, -0.2) is 4.98 Å². The van der Waals surface area contributed by atoms with Crippen LogP contribution in [0.4, 0.5) is 11.4 Å². The molecule has 112 valence electrons. The Morgan fingerprint density at radius 3 is 2.81 bits per heavy atom. The molecule has 1 aromatic carbocycles. The number of rotatable bonds is 5. The van der Waals surface area contributed by atoms with E-state index in [1.54, 1.807) is 0 Å². The molecule has 0 amide bonds. The predicted molar refractivity (Wildman–Crippen MR) is 80.3 cm³/mol. The van der Waals surface area contributed by atoms with Gasteiger partial charge in [0.05, 0.1) is 22.2 Å². The fraction of sp³-hybridized carbons (Fsp3) is 0.385. The highest BCUT2D eigenvalue weighted by atomic mass is 16.6. The lowest BCUT2D eigenvalue weighted by molar-refractivity contribution is -0.383. The molecule has 1 heterocycles. The Labute approximate surface area is 120 Å². The minimum absolute atomic E-state index is 0.132. The van der Waals surface area contributed by atoms with E-state index in [-0.39, 0.29) is 23.0 Å². The summed E-state index contributed by atoms with van der Waals surface area (Å²) in [6, 6.07) is 2.59. The summed E-state index contributed by atoms with van der Waals surface area (Å²) in [6.07, 6.45) is 1.26. The zero-order valence-electron chi connectivity index (χ0n) is 11.8. The lowest BCUT2D eigenvalue weighted by Crippen LogP contribution is -2.34. The minimum atomic E-state index is -0.533. The number of aromatic amines is 1. The second-order valence-electron chi connectivity index (χ2n) is 5.16. The normalized spacial score (nSPS) is 12.6. The number of hydrogen-bond acceptors (Lipinski definition) is 6. The van der Waals surface area contributed by atoms with Crippen molar-refractivity contribution in [2.75, 3.05) is 11.9 Å². The summed E-state index contributed by atoms with van der Waals surface area (Å²) < 4.78 is 0. The molecule has 2 rings (SSSR count). The highest BCUT2D eigenvalue weighted by Crippen LogP contribution is 2.27. The first-order valence-electron chi connectivity index (χ1n) is 6.55. The van der Waals surface area contributed by atoms with E-state index in [1.165, 1.54) is 18.5 Å². The molecule has 0 aliphatic heterocycles. The van der Waals surface area contributed by atoms with Crippen LogP contribution in [0.25, 0.3) is 10.9 Å². The van der Waals surface area contributed by atoms with Gasteiger partial charge in [0.1, 0.15) is 5.69 Å². The van der Waals surface area contributed by atoms with Crippen LogP contribution in [-0.4, -0.2) is 27.5 Å². The van der Waals surface area contributed by atoms with Gasteiger partial charge in [-0.15, -0.1) is 0 Å². The Balaban J connectivity index is 2.44. The van der Waals surface area contributed by atoms with Crippen molar-refractivity contribution in [3.05, 3.63) is 38.9 Å². The average molecular weight is 291 g/mol. The van der Waals surface area contributed by atoms with Gasteiger partial charge in [-0.1, -0.05) is 13.8 Å². The third kappa shape index (κ3) is 3.16. The summed E-state index contributed by atoms with van der Waals surface area (Å²) in [4.78, 5) is 28.7. The molecular weight excluding hydrogens is 274 g/mol. The number of nitrogens with zero attached hydrogens (tertiary/aromatic N) is 2. The quantitative estimate of drug-likeness (QED) is 0.561. The number of fused-ring (bicyclic) bond motifs is 1. The monoisotopic (exact) mass is 291 g/mol. The van der Waals surface area contributed by atoms with E-state index in [1.807, 2.05) is 13.8 Å². The van der Waals surface area contributed by atoms with Crippen LogP contribution in [0.5, 0.6) is 0 Å². The van der Waals surface area contributed by atoms with E-state index >= 15 is 0 Å². The molecule has 0 saturated carbocycles. The van der Waals surface area contributed by atoms with Gasteiger partial charge in [0, 0.05) is 18.7 Å². The Hall–Kier alpha value is -2.48. The van der Waals surface area contributed by atoms with Crippen molar-refractivity contribution in [2.45, 2.75) is 19.9 Å². The maximum atomic E-state index is 11.7. The van der Waals surface area contributed by atoms with E-state index in [2.05, 4.69) is 15.3 Å². The standard InChI is InChI=1S/C13H17N5O3/c1-7(2)9(14)5-15-11-4-10-8(3-12(11)18(20)21)13(19)17-6-16-10/h3-4,6-7,9,15H,5,14H2,1-2H3,(H,16,17,19). The Bertz CT molecular complexity index is 725. The van der Waals surface area contributed by atoms with Crippen molar-refractivity contribution >= 4 is 22.3 Å². The molecule has 2 aromatic rings. The lowest BCUT2D eigenvalue weighted by atomic mass is 10.1. The Morgan fingerprint density at radius 2 is 2.19 bits per heavy atom. The third-order valence-electron chi connectivity index (χ3n) is 3.34. The van der Waals surface area contributed by atoms with Crippen molar-refractivity contribution in [3.63, 3.8) is 0 Å². The Kier molecular flexibility index (Phi) is 4.18. The molecule has 8 heteroatoms. The highest BCUT2D eigenvalue weighted by Gasteiger charge is 2.18. The molecule has 0 bridgehead atoms. The number of nitrogens with two attached hydrogens (primary N) is 1. The number of nitro groups is 1. The van der Waals surface area contributed by atoms with Crippen LogP contribution in [0.15, 0.2) is 23.3 Å². The summed E-state index contributed by atoms with van der Waals surface area (Å²) >= 11 is 0. The fourth-order valence-corrected chi connectivity index (χ4v) is 1.86. The number of nitrogens with one attached hydrogen (secondary N) is 2. The smallest absolute Gasteiger partial charge is 0.293 e. The number of anilines is 1. The van der Waals surface area contributed by atoms with Crippen molar-refractivity contribution in [3.8, 4) is 0 Å². The van der Waals surface area contributed by atoms with Gasteiger partial charge in [0.15, 0.2) is 0 Å². The number of nitro benzene ring substituents is 1. The van der Waals surface area contributed by atoms with Crippen LogP contribution in [-0.2, 0) is 0 Å². The summed E-state index contributed by atoms with van der Waals surface area (Å²) in [7, 11) is 0. The molecule has 0 aliphatic carbocycles. The third-order valence-corrected chi connectivity index (χ3v) is 3.34. The van der Waals surface area contributed by atoms with E-state index in [4.69, 9.17) is 5.73 Å². The van der Waals surface area contributed by atoms with Crippen molar-refractivity contribution in [1.29, 1.82) is 0 Å². The van der Waals surface area contributed by atoms with Gasteiger partial charge >= 0.3 is 0 Å². The van der Waals surface area contributed by atoms with Crippen LogP contribution in [0, 0.1) is 16.0 Å². The van der Waals surface area contributed by atoms with E-state index in [0.29, 0.717) is 17.7 Å². The molecule has 1 unspecified atom stereocenters. The molecule has 0 saturated heterocycles. The van der Waals surface area contributed by atoms with Crippen LogP contribution in [0.3, 0.4) is 0 Å². The topological polar surface area (TPSA) is 127 Å². The fourth-order valence-electron chi connectivity index (χ4n) is 1.86. The molecule has 21 heavy (non-hydrogen) atoms. The first-order chi connectivity index (χ1) is 9.90. The zero-order valence-corrected chi connectivity index (χ0v) is 11.8. The first kappa shape index (κ1) is 14.9. The van der Waals surface area contributed by atoms with E-state index in [9.17, 15) is 14.9 Å². The van der Waals surface area contributed by atoms with E-state index in [0.717, 1.165) is 0 Å². The number of hydrogen-bond donors (Lipinski definition) is 3. The number of H-pyrrole nitrogens is 1. The molecule has 1 aromatic heterocycles. The molecule has 0 aliphatic rings. The molecule has 0 fully saturated rings. The highest BCUT2D eigenvalue weighted by molar-refractivity contribution is 5.86. The second-order valence-corrected chi connectivity index (χ2v) is 5.16.